The number of likely N-dealkylation sites (tertiary alicyclic amines) is 1. The van der Waals surface area contributed by atoms with E-state index in [0.717, 1.165) is 29.7 Å². The summed E-state index contributed by atoms with van der Waals surface area (Å²) in [6, 6.07) is 21.3. The number of phenols is 1. The third kappa shape index (κ3) is 5.73. The summed E-state index contributed by atoms with van der Waals surface area (Å²) < 4.78 is 0. The van der Waals surface area contributed by atoms with Gasteiger partial charge in [0, 0.05) is 36.7 Å². The smallest absolute Gasteiger partial charge is 0.234 e. The Morgan fingerprint density at radius 3 is 1.91 bits per heavy atom. The van der Waals surface area contributed by atoms with Gasteiger partial charge in [0.2, 0.25) is 5.91 Å². The van der Waals surface area contributed by atoms with Crippen molar-refractivity contribution in [2.75, 3.05) is 26.7 Å². The maximum atomic E-state index is 14.1. The summed E-state index contributed by atoms with van der Waals surface area (Å²) in [6.45, 7) is 1.93. The molecule has 1 saturated heterocycles. The number of phenolic OH excluding ortho intramolecular Hbond substituents is 1. The molecule has 0 radical (unpaired) electrons. The van der Waals surface area contributed by atoms with Gasteiger partial charge in [-0.05, 0) is 59.5 Å². The number of rotatable bonds is 7. The van der Waals surface area contributed by atoms with Gasteiger partial charge in [0.25, 0.3) is 0 Å². The number of nitrogens with zero attached hydrogens (tertiary/aromatic N) is 2. The van der Waals surface area contributed by atoms with E-state index in [-0.39, 0.29) is 23.8 Å². The molecule has 1 amide bonds. The minimum atomic E-state index is -0.539. The normalized spacial score (nSPS) is 17.1. The van der Waals surface area contributed by atoms with Gasteiger partial charge >= 0.3 is 0 Å². The molecule has 0 aliphatic carbocycles. The molecule has 34 heavy (non-hydrogen) atoms. The molecule has 0 saturated carbocycles. The highest BCUT2D eigenvalue weighted by Gasteiger charge is 2.33. The van der Waals surface area contributed by atoms with Crippen molar-refractivity contribution >= 4 is 29.1 Å². The summed E-state index contributed by atoms with van der Waals surface area (Å²) in [5.41, 5.74) is 2.59. The molecule has 2 atom stereocenters. The Labute approximate surface area is 210 Å². The lowest BCUT2D eigenvalue weighted by molar-refractivity contribution is -0.133. The number of aliphatic hydroxyl groups excluding tert-OH is 1. The van der Waals surface area contributed by atoms with Crippen molar-refractivity contribution in [2.45, 2.75) is 24.5 Å². The second kappa shape index (κ2) is 10.8. The van der Waals surface area contributed by atoms with Gasteiger partial charge in [-0.3, -0.25) is 9.69 Å². The Bertz CT molecular complexity index is 1060. The Kier molecular flexibility index (Phi) is 7.79. The topological polar surface area (TPSA) is 64.0 Å². The van der Waals surface area contributed by atoms with Crippen LogP contribution in [0.1, 0.15) is 35.1 Å². The van der Waals surface area contributed by atoms with Crippen molar-refractivity contribution in [1.82, 2.24) is 9.80 Å². The molecular weight excluding hydrogens is 471 g/mol. The van der Waals surface area contributed by atoms with Gasteiger partial charge in [0.05, 0.1) is 18.1 Å². The molecule has 1 aliphatic rings. The Hall–Kier alpha value is -2.57. The molecule has 5 nitrogen and oxygen atoms in total. The van der Waals surface area contributed by atoms with E-state index in [4.69, 9.17) is 23.2 Å². The number of amides is 1. The lowest BCUT2D eigenvalue weighted by atomic mass is 9.89. The highest BCUT2D eigenvalue weighted by Crippen LogP contribution is 2.33. The predicted octanol–water partition coefficient (Wildman–Crippen LogP) is 5.10. The second-order valence-corrected chi connectivity index (χ2v) is 9.67. The third-order valence-corrected chi connectivity index (χ3v) is 6.93. The van der Waals surface area contributed by atoms with Crippen LogP contribution >= 0.6 is 23.2 Å². The van der Waals surface area contributed by atoms with Gasteiger partial charge in [0.1, 0.15) is 5.75 Å². The van der Waals surface area contributed by atoms with Gasteiger partial charge < -0.3 is 15.1 Å². The molecule has 4 rings (SSSR count). The van der Waals surface area contributed by atoms with Crippen molar-refractivity contribution in [2.24, 2.45) is 0 Å². The molecule has 0 spiro atoms. The molecule has 3 aromatic rings. The molecular formula is C27H28Cl2N2O3. The lowest BCUT2D eigenvalue weighted by Crippen LogP contribution is -2.41. The number of aromatic hydroxyl groups is 1. The van der Waals surface area contributed by atoms with E-state index in [2.05, 4.69) is 4.90 Å². The zero-order valence-electron chi connectivity index (χ0n) is 18.9. The number of β-amino-alcohol motifs (C(OH)–C–C–N with tert-alkyl or cyclic N) is 1. The first-order valence-electron chi connectivity index (χ1n) is 11.3. The summed E-state index contributed by atoms with van der Waals surface area (Å²) in [4.78, 5) is 18.0. The summed E-state index contributed by atoms with van der Waals surface area (Å²) in [5, 5.41) is 21.0. The standard InChI is InChI=1S/C27H28Cl2N2O3/c1-30(25(17-31-15-14-24(33)16-31)18-6-12-23(32)13-7-18)27(34)26(19-2-8-21(28)9-3-19)20-4-10-22(29)11-5-20/h2-13,24-26,32-33H,14-17H2,1H3/t24-,25+/m0/s1. The third-order valence-electron chi connectivity index (χ3n) is 6.43. The molecule has 1 fully saturated rings. The number of hydrogen-bond acceptors (Lipinski definition) is 4. The van der Waals surface area contributed by atoms with Crippen LogP contribution in [0.3, 0.4) is 0 Å². The highest BCUT2D eigenvalue weighted by molar-refractivity contribution is 6.30. The molecule has 0 aromatic heterocycles. The van der Waals surface area contributed by atoms with Gasteiger partial charge in [-0.25, -0.2) is 0 Å². The van der Waals surface area contributed by atoms with Crippen LogP contribution < -0.4 is 0 Å². The number of halogens is 2. The largest absolute Gasteiger partial charge is 0.508 e. The van der Waals surface area contributed by atoms with Crippen molar-refractivity contribution in [3.8, 4) is 5.75 Å². The van der Waals surface area contributed by atoms with E-state index >= 15 is 0 Å². The van der Waals surface area contributed by atoms with E-state index in [1.807, 2.05) is 43.4 Å². The van der Waals surface area contributed by atoms with Crippen LogP contribution in [0.5, 0.6) is 5.75 Å². The predicted molar refractivity (Wildman–Crippen MR) is 135 cm³/mol. The van der Waals surface area contributed by atoms with Crippen LogP contribution in [0.25, 0.3) is 0 Å². The number of carbonyl (C=O) groups is 1. The number of hydrogen-bond donors (Lipinski definition) is 2. The first kappa shape index (κ1) is 24.6. The summed E-state index contributed by atoms with van der Waals surface area (Å²) >= 11 is 12.2. The first-order valence-corrected chi connectivity index (χ1v) is 12.0. The second-order valence-electron chi connectivity index (χ2n) is 8.79. The number of carbonyl (C=O) groups excluding carboxylic acids is 1. The molecule has 7 heteroatoms. The van der Waals surface area contributed by atoms with Gasteiger partial charge in [-0.1, -0.05) is 59.6 Å². The molecule has 1 aliphatic heterocycles. The fraction of sp³-hybridized carbons (Fsp3) is 0.296. The maximum absolute atomic E-state index is 14.1. The van der Waals surface area contributed by atoms with E-state index in [1.54, 1.807) is 41.3 Å². The van der Waals surface area contributed by atoms with Crippen LogP contribution in [-0.4, -0.2) is 58.7 Å². The van der Waals surface area contributed by atoms with Crippen molar-refractivity contribution < 1.29 is 15.0 Å². The van der Waals surface area contributed by atoms with Crippen LogP contribution in [0, 0.1) is 0 Å². The van der Waals surface area contributed by atoms with Crippen molar-refractivity contribution in [1.29, 1.82) is 0 Å². The Morgan fingerprint density at radius 1 is 0.941 bits per heavy atom. The SMILES string of the molecule is CN(C(=O)C(c1ccc(Cl)cc1)c1ccc(Cl)cc1)[C@H](CN1CC[C@H](O)C1)c1ccc(O)cc1. The molecule has 1 heterocycles. The van der Waals surface area contributed by atoms with E-state index < -0.39 is 5.92 Å². The van der Waals surface area contributed by atoms with Gasteiger partial charge in [0.15, 0.2) is 0 Å². The molecule has 0 bridgehead atoms. The zero-order valence-corrected chi connectivity index (χ0v) is 20.5. The first-order chi connectivity index (χ1) is 16.3. The zero-order chi connectivity index (χ0) is 24.2. The minimum Gasteiger partial charge on any atom is -0.508 e. The lowest BCUT2D eigenvalue weighted by Gasteiger charge is -2.34. The average Bonchev–Trinajstić information content (AvgIpc) is 3.25. The maximum Gasteiger partial charge on any atom is 0.234 e. The van der Waals surface area contributed by atoms with E-state index in [1.165, 1.54) is 0 Å². The van der Waals surface area contributed by atoms with Gasteiger partial charge in [-0.15, -0.1) is 0 Å². The Balaban J connectivity index is 1.70. The minimum absolute atomic E-state index is 0.0672. The van der Waals surface area contributed by atoms with Crippen molar-refractivity contribution in [3.05, 3.63) is 99.5 Å². The molecule has 0 unspecified atom stereocenters. The molecule has 3 aromatic carbocycles. The van der Waals surface area contributed by atoms with Crippen LogP contribution in [0.2, 0.25) is 10.0 Å². The number of aliphatic hydroxyl groups is 1. The van der Waals surface area contributed by atoms with E-state index in [9.17, 15) is 15.0 Å². The molecule has 178 valence electrons. The van der Waals surface area contributed by atoms with E-state index in [0.29, 0.717) is 23.1 Å². The fourth-order valence-corrected chi connectivity index (χ4v) is 4.77. The summed E-state index contributed by atoms with van der Waals surface area (Å²) in [5.74, 6) is -0.431. The fourth-order valence-electron chi connectivity index (χ4n) is 4.52. The number of likely N-dealkylation sites (N-methyl/N-ethyl adjacent to an activating group) is 1. The summed E-state index contributed by atoms with van der Waals surface area (Å²) in [6.07, 6.45) is 0.371. The Morgan fingerprint density at radius 2 is 1.44 bits per heavy atom. The van der Waals surface area contributed by atoms with Crippen LogP contribution in [0.15, 0.2) is 72.8 Å². The highest BCUT2D eigenvalue weighted by atomic mass is 35.5. The van der Waals surface area contributed by atoms with Crippen LogP contribution in [0.4, 0.5) is 0 Å². The molecule has 2 N–H and O–H groups in total. The van der Waals surface area contributed by atoms with Crippen molar-refractivity contribution in [3.63, 3.8) is 0 Å². The summed E-state index contributed by atoms with van der Waals surface area (Å²) in [7, 11) is 1.81. The van der Waals surface area contributed by atoms with Crippen LogP contribution in [-0.2, 0) is 4.79 Å². The average molecular weight is 499 g/mol. The quantitative estimate of drug-likeness (QED) is 0.475. The van der Waals surface area contributed by atoms with Gasteiger partial charge in [-0.2, -0.15) is 0 Å². The monoisotopic (exact) mass is 498 g/mol. The number of benzene rings is 3.